The fourth-order valence-electron chi connectivity index (χ4n) is 1.65. The molecular weight excluding hydrogens is 258 g/mol. The summed E-state index contributed by atoms with van der Waals surface area (Å²) >= 11 is 1.67. The molecule has 1 aromatic carbocycles. The summed E-state index contributed by atoms with van der Waals surface area (Å²) in [6, 6.07) is 7.50. The highest BCUT2D eigenvalue weighted by Gasteiger charge is 2.06. The average molecular weight is 277 g/mol. The third kappa shape index (κ3) is 3.78. The zero-order valence-corrected chi connectivity index (χ0v) is 12.3. The minimum absolute atomic E-state index is 0.443. The predicted octanol–water partition coefficient (Wildman–Crippen LogP) is 3.90. The summed E-state index contributed by atoms with van der Waals surface area (Å²) in [5, 5.41) is 12.6. The Kier molecular flexibility index (Phi) is 4.56. The SMILES string of the molecule is CC(C)c1nc(COc2ccc([C@@H](C)O)cc2)cs1. The van der Waals surface area contributed by atoms with Crippen molar-refractivity contribution in [3.05, 3.63) is 45.9 Å². The van der Waals surface area contributed by atoms with Gasteiger partial charge in [-0.3, -0.25) is 0 Å². The maximum Gasteiger partial charge on any atom is 0.131 e. The molecule has 0 fully saturated rings. The summed E-state index contributed by atoms with van der Waals surface area (Å²) in [6.07, 6.45) is -0.443. The second-order valence-electron chi connectivity index (χ2n) is 4.87. The van der Waals surface area contributed by atoms with Crippen molar-refractivity contribution in [2.24, 2.45) is 0 Å². The van der Waals surface area contributed by atoms with E-state index in [1.165, 1.54) is 0 Å². The molecule has 2 aromatic rings. The third-order valence-electron chi connectivity index (χ3n) is 2.81. The molecule has 0 radical (unpaired) electrons. The Morgan fingerprint density at radius 1 is 1.21 bits per heavy atom. The van der Waals surface area contributed by atoms with Gasteiger partial charge in [0, 0.05) is 11.3 Å². The van der Waals surface area contributed by atoms with Gasteiger partial charge in [-0.15, -0.1) is 11.3 Å². The van der Waals surface area contributed by atoms with Crippen molar-refractivity contribution in [2.75, 3.05) is 0 Å². The minimum atomic E-state index is -0.443. The summed E-state index contributed by atoms with van der Waals surface area (Å²) in [4.78, 5) is 4.52. The molecular formula is C15H19NO2S. The van der Waals surface area contributed by atoms with E-state index in [1.54, 1.807) is 18.3 Å². The summed E-state index contributed by atoms with van der Waals surface area (Å²) in [5.74, 6) is 1.26. The van der Waals surface area contributed by atoms with Crippen molar-refractivity contribution in [3.8, 4) is 5.75 Å². The average Bonchev–Trinajstić information content (AvgIpc) is 2.86. The first-order valence-electron chi connectivity index (χ1n) is 6.41. The second kappa shape index (κ2) is 6.17. The van der Waals surface area contributed by atoms with Crippen molar-refractivity contribution in [1.29, 1.82) is 0 Å². The Balaban J connectivity index is 1.94. The first kappa shape index (κ1) is 14.0. The van der Waals surface area contributed by atoms with Gasteiger partial charge in [-0.2, -0.15) is 0 Å². The maximum atomic E-state index is 9.43. The van der Waals surface area contributed by atoms with Crippen LogP contribution in [0.15, 0.2) is 29.6 Å². The number of aliphatic hydroxyl groups excluding tert-OH is 1. The Hall–Kier alpha value is -1.39. The monoisotopic (exact) mass is 277 g/mol. The topological polar surface area (TPSA) is 42.4 Å². The molecule has 19 heavy (non-hydrogen) atoms. The summed E-state index contributed by atoms with van der Waals surface area (Å²) in [7, 11) is 0. The Labute approximate surface area is 117 Å². The molecule has 3 nitrogen and oxygen atoms in total. The predicted molar refractivity (Wildman–Crippen MR) is 77.6 cm³/mol. The Morgan fingerprint density at radius 2 is 1.89 bits per heavy atom. The minimum Gasteiger partial charge on any atom is -0.487 e. The molecule has 1 aromatic heterocycles. The van der Waals surface area contributed by atoms with Gasteiger partial charge in [-0.1, -0.05) is 26.0 Å². The van der Waals surface area contributed by atoms with Gasteiger partial charge in [0.15, 0.2) is 0 Å². The highest BCUT2D eigenvalue weighted by Crippen LogP contribution is 2.21. The highest BCUT2D eigenvalue weighted by molar-refractivity contribution is 7.09. The third-order valence-corrected chi connectivity index (χ3v) is 4.01. The molecule has 0 unspecified atom stereocenters. The lowest BCUT2D eigenvalue weighted by Gasteiger charge is -2.07. The van der Waals surface area contributed by atoms with Crippen molar-refractivity contribution in [1.82, 2.24) is 4.98 Å². The standard InChI is InChI=1S/C15H19NO2S/c1-10(2)15-16-13(9-19-15)8-18-14-6-4-12(5-7-14)11(3)17/h4-7,9-11,17H,8H2,1-3H3/t11-/m1/s1. The van der Waals surface area contributed by atoms with E-state index < -0.39 is 6.10 Å². The largest absolute Gasteiger partial charge is 0.487 e. The van der Waals surface area contributed by atoms with E-state index in [0.717, 1.165) is 22.0 Å². The van der Waals surface area contributed by atoms with E-state index in [4.69, 9.17) is 4.74 Å². The van der Waals surface area contributed by atoms with Crippen LogP contribution in [-0.2, 0) is 6.61 Å². The number of nitrogens with zero attached hydrogens (tertiary/aromatic N) is 1. The number of aromatic nitrogens is 1. The van der Waals surface area contributed by atoms with Crippen LogP contribution < -0.4 is 4.74 Å². The van der Waals surface area contributed by atoms with E-state index >= 15 is 0 Å². The Morgan fingerprint density at radius 3 is 2.42 bits per heavy atom. The van der Waals surface area contributed by atoms with Crippen LogP contribution in [0, 0.1) is 0 Å². The van der Waals surface area contributed by atoms with E-state index in [2.05, 4.69) is 18.8 Å². The lowest BCUT2D eigenvalue weighted by molar-refractivity contribution is 0.199. The van der Waals surface area contributed by atoms with E-state index in [9.17, 15) is 5.11 Å². The van der Waals surface area contributed by atoms with Gasteiger partial charge in [0.2, 0.25) is 0 Å². The fraction of sp³-hybridized carbons (Fsp3) is 0.400. The number of thiazole rings is 1. The molecule has 4 heteroatoms. The summed E-state index contributed by atoms with van der Waals surface area (Å²) in [6.45, 7) is 6.51. The Bertz CT molecular complexity index is 517. The first-order chi connectivity index (χ1) is 9.06. The molecule has 0 bridgehead atoms. The molecule has 0 spiro atoms. The second-order valence-corrected chi connectivity index (χ2v) is 5.76. The molecule has 0 saturated heterocycles. The fourth-order valence-corrected chi connectivity index (χ4v) is 2.47. The lowest BCUT2D eigenvalue weighted by Crippen LogP contribution is -1.97. The van der Waals surface area contributed by atoms with Gasteiger partial charge < -0.3 is 9.84 Å². The normalized spacial score (nSPS) is 12.7. The van der Waals surface area contributed by atoms with Gasteiger partial charge in [-0.25, -0.2) is 4.98 Å². The van der Waals surface area contributed by atoms with Crippen LogP contribution >= 0.6 is 11.3 Å². The molecule has 0 saturated carbocycles. The number of hydrogen-bond donors (Lipinski definition) is 1. The van der Waals surface area contributed by atoms with Gasteiger partial charge in [0.25, 0.3) is 0 Å². The molecule has 0 aliphatic rings. The van der Waals surface area contributed by atoms with Crippen molar-refractivity contribution in [2.45, 2.75) is 39.4 Å². The molecule has 0 aliphatic carbocycles. The molecule has 1 atom stereocenters. The van der Waals surface area contributed by atoms with Crippen LogP contribution in [-0.4, -0.2) is 10.1 Å². The van der Waals surface area contributed by atoms with Crippen LogP contribution in [0.4, 0.5) is 0 Å². The zero-order valence-electron chi connectivity index (χ0n) is 11.5. The number of hydrogen-bond acceptors (Lipinski definition) is 4. The molecule has 102 valence electrons. The van der Waals surface area contributed by atoms with Crippen molar-refractivity contribution in [3.63, 3.8) is 0 Å². The number of ether oxygens (including phenoxy) is 1. The highest BCUT2D eigenvalue weighted by atomic mass is 32.1. The van der Waals surface area contributed by atoms with Gasteiger partial charge >= 0.3 is 0 Å². The van der Waals surface area contributed by atoms with Crippen LogP contribution in [0.25, 0.3) is 0 Å². The molecule has 0 amide bonds. The quantitative estimate of drug-likeness (QED) is 0.901. The van der Waals surface area contributed by atoms with Crippen LogP contribution in [0.2, 0.25) is 0 Å². The van der Waals surface area contributed by atoms with Crippen LogP contribution in [0.1, 0.15) is 49.1 Å². The van der Waals surface area contributed by atoms with E-state index in [1.807, 2.05) is 29.6 Å². The summed E-state index contributed by atoms with van der Waals surface area (Å²) in [5.41, 5.74) is 1.86. The molecule has 1 N–H and O–H groups in total. The zero-order chi connectivity index (χ0) is 13.8. The number of rotatable bonds is 5. The smallest absolute Gasteiger partial charge is 0.131 e. The summed E-state index contributed by atoms with van der Waals surface area (Å²) < 4.78 is 5.68. The first-order valence-corrected chi connectivity index (χ1v) is 7.29. The molecule has 0 aliphatic heterocycles. The van der Waals surface area contributed by atoms with Crippen LogP contribution in [0.5, 0.6) is 5.75 Å². The van der Waals surface area contributed by atoms with E-state index in [0.29, 0.717) is 12.5 Å². The van der Waals surface area contributed by atoms with Crippen molar-refractivity contribution >= 4 is 11.3 Å². The van der Waals surface area contributed by atoms with Gasteiger partial charge in [0.05, 0.1) is 16.8 Å². The molecule has 1 heterocycles. The number of benzene rings is 1. The van der Waals surface area contributed by atoms with Crippen LogP contribution in [0.3, 0.4) is 0 Å². The van der Waals surface area contributed by atoms with Gasteiger partial charge in [-0.05, 0) is 24.6 Å². The molecule has 2 rings (SSSR count). The lowest BCUT2D eigenvalue weighted by atomic mass is 10.1. The van der Waals surface area contributed by atoms with E-state index in [-0.39, 0.29) is 0 Å². The maximum absolute atomic E-state index is 9.43. The van der Waals surface area contributed by atoms with Crippen molar-refractivity contribution < 1.29 is 9.84 Å². The van der Waals surface area contributed by atoms with Gasteiger partial charge in [0.1, 0.15) is 12.4 Å². The number of aliphatic hydroxyl groups is 1.